The van der Waals surface area contributed by atoms with Gasteiger partial charge in [0.15, 0.2) is 0 Å². The minimum Gasteiger partial charge on any atom is -0.490 e. The number of hydrogen-bond donors (Lipinski definition) is 6. The van der Waals surface area contributed by atoms with Gasteiger partial charge >= 0.3 is 11.9 Å². The van der Waals surface area contributed by atoms with Gasteiger partial charge in [0.2, 0.25) is 11.5 Å². The average molecular weight is 650 g/mol. The van der Waals surface area contributed by atoms with Crippen molar-refractivity contribution < 1.29 is 54.2 Å². The van der Waals surface area contributed by atoms with Crippen LogP contribution in [0.3, 0.4) is 0 Å². The van der Waals surface area contributed by atoms with Crippen LogP contribution in [0.5, 0.6) is 5.75 Å². The minimum atomic E-state index is -2.95. The maximum Gasteiger partial charge on any atom is 0.339 e. The van der Waals surface area contributed by atoms with Crippen molar-refractivity contribution in [3.8, 4) is 5.75 Å². The van der Waals surface area contributed by atoms with Crippen LogP contribution in [0.25, 0.3) is 0 Å². The summed E-state index contributed by atoms with van der Waals surface area (Å²) in [7, 11) is 0. The monoisotopic (exact) mass is 649 g/mol. The zero-order chi connectivity index (χ0) is 34.4. The Morgan fingerprint density at radius 2 is 1.54 bits per heavy atom. The number of carbonyl (C=O) groups excluding carboxylic acids is 2. The van der Waals surface area contributed by atoms with Crippen molar-refractivity contribution in [3.63, 3.8) is 0 Å². The first-order valence-electron chi connectivity index (χ1n) is 15.9. The van der Waals surface area contributed by atoms with Gasteiger partial charge in [-0.1, -0.05) is 82.4 Å². The summed E-state index contributed by atoms with van der Waals surface area (Å²) in [4.78, 5) is 49.5. The highest BCUT2D eigenvalue weighted by Crippen LogP contribution is 2.23. The van der Waals surface area contributed by atoms with Gasteiger partial charge in [-0.2, -0.15) is 0 Å². The molecule has 0 aromatic heterocycles. The summed E-state index contributed by atoms with van der Waals surface area (Å²) in [6, 6.07) is 5.00. The zero-order valence-corrected chi connectivity index (χ0v) is 26.8. The number of aliphatic hydroxyl groups is 3. The molecule has 3 atom stereocenters. The number of aliphatic hydroxyl groups excluding tert-OH is 1. The van der Waals surface area contributed by atoms with Gasteiger partial charge in [0.05, 0.1) is 12.5 Å². The van der Waals surface area contributed by atoms with Crippen molar-refractivity contribution in [2.24, 2.45) is 5.92 Å². The summed E-state index contributed by atoms with van der Waals surface area (Å²) in [6.07, 6.45) is 14.2. The van der Waals surface area contributed by atoms with Crippen LogP contribution in [0.2, 0.25) is 0 Å². The molecular weight excluding hydrogens is 598 g/mol. The standard InChI is InChI=1S/C34H51NO11/c1-3-5-6-9-12-15-26(36)16-13-10-7-8-11-14-17-28(34(44,32(40)41)24-46-33(42)43)30(37)35-29(31(38)39)23-25-18-20-27(21-19-25)45-22-4-2/h4,14,17-21,28-29,33,42-44H,2-3,5-13,15-16,22-24H2,1H3,(H,35,37)(H,38,39)(H,40,41)/b17-14+/t28-,29+,34+/m1/s1. The number of carboxylic acids is 2. The number of carboxylic acid groups (broad SMARTS) is 2. The van der Waals surface area contributed by atoms with Crippen LogP contribution >= 0.6 is 0 Å². The summed E-state index contributed by atoms with van der Waals surface area (Å²) in [5.74, 6) is -5.42. The number of allylic oxidation sites excluding steroid dienone is 1. The number of hydrogen-bond acceptors (Lipinski definition) is 9. The second-order valence-corrected chi connectivity index (χ2v) is 11.3. The molecule has 0 bridgehead atoms. The number of benzene rings is 1. The topological polar surface area (TPSA) is 200 Å². The molecule has 0 aliphatic rings. The maximum atomic E-state index is 13.3. The van der Waals surface area contributed by atoms with E-state index in [9.17, 15) is 34.5 Å². The van der Waals surface area contributed by atoms with Crippen LogP contribution in [0.15, 0.2) is 49.1 Å². The summed E-state index contributed by atoms with van der Waals surface area (Å²) in [5, 5.41) is 51.0. The Hall–Kier alpha value is -3.58. The molecule has 0 aliphatic heterocycles. The Morgan fingerprint density at radius 1 is 0.935 bits per heavy atom. The second-order valence-electron chi connectivity index (χ2n) is 11.3. The molecule has 1 aromatic rings. The molecule has 1 rings (SSSR count). The fourth-order valence-corrected chi connectivity index (χ4v) is 4.74. The van der Waals surface area contributed by atoms with Gasteiger partial charge in [0, 0.05) is 19.3 Å². The first-order valence-corrected chi connectivity index (χ1v) is 15.9. The number of nitrogens with one attached hydrogen (secondary N) is 1. The van der Waals surface area contributed by atoms with E-state index in [0.29, 0.717) is 37.0 Å². The first kappa shape index (κ1) is 40.4. The highest BCUT2D eigenvalue weighted by Gasteiger charge is 2.48. The van der Waals surface area contributed by atoms with E-state index < -0.39 is 48.5 Å². The molecule has 46 heavy (non-hydrogen) atoms. The Morgan fingerprint density at radius 3 is 2.09 bits per heavy atom. The van der Waals surface area contributed by atoms with E-state index in [2.05, 4.69) is 23.6 Å². The van der Waals surface area contributed by atoms with E-state index in [1.165, 1.54) is 12.5 Å². The fraction of sp³-hybridized carbons (Fsp3) is 0.588. The van der Waals surface area contributed by atoms with Crippen molar-refractivity contribution in [2.75, 3.05) is 13.2 Å². The summed E-state index contributed by atoms with van der Waals surface area (Å²) in [6.45, 7) is 2.41. The van der Waals surface area contributed by atoms with E-state index in [4.69, 9.17) is 14.9 Å². The number of rotatable bonds is 27. The Bertz CT molecular complexity index is 1100. The highest BCUT2D eigenvalue weighted by molar-refractivity contribution is 5.92. The highest BCUT2D eigenvalue weighted by atomic mass is 16.7. The molecule has 0 spiro atoms. The second kappa shape index (κ2) is 22.8. The predicted molar refractivity (Wildman–Crippen MR) is 171 cm³/mol. The first-order chi connectivity index (χ1) is 21.9. The Kier molecular flexibility index (Phi) is 20.1. The average Bonchev–Trinajstić information content (AvgIpc) is 3.01. The van der Waals surface area contributed by atoms with Gasteiger partial charge in [0.1, 0.15) is 24.2 Å². The van der Waals surface area contributed by atoms with Crippen molar-refractivity contribution >= 4 is 23.6 Å². The SMILES string of the molecule is C=CCOc1ccc(C[C@H](NC(=O)[C@@H](/C=C/CCCCCCC(=O)CCCCCCC)[C@@](O)(COC(O)O)C(=O)O)C(=O)O)cc1. The molecule has 0 unspecified atom stereocenters. The molecule has 0 saturated heterocycles. The third-order valence-electron chi connectivity index (χ3n) is 7.43. The molecule has 0 aliphatic carbocycles. The van der Waals surface area contributed by atoms with Gasteiger partial charge in [0.25, 0.3) is 6.48 Å². The van der Waals surface area contributed by atoms with Crippen LogP contribution in [0.4, 0.5) is 0 Å². The number of ketones is 1. The van der Waals surface area contributed by atoms with Crippen LogP contribution in [0, 0.1) is 5.92 Å². The van der Waals surface area contributed by atoms with Gasteiger partial charge in [-0.3, -0.25) is 9.59 Å². The normalized spacial score (nSPS) is 14.0. The number of Topliss-reactive ketones (excluding diaryl/α,β-unsaturated/α-hetero) is 1. The molecule has 0 fully saturated rings. The van der Waals surface area contributed by atoms with Crippen molar-refractivity contribution in [1.29, 1.82) is 0 Å². The van der Waals surface area contributed by atoms with Crippen molar-refractivity contribution in [3.05, 3.63) is 54.6 Å². The van der Waals surface area contributed by atoms with Crippen LogP contribution in [0.1, 0.15) is 89.5 Å². The van der Waals surface area contributed by atoms with Crippen LogP contribution in [-0.4, -0.2) is 80.5 Å². The lowest BCUT2D eigenvalue weighted by atomic mass is 9.86. The molecule has 12 nitrogen and oxygen atoms in total. The smallest absolute Gasteiger partial charge is 0.339 e. The van der Waals surface area contributed by atoms with Gasteiger partial charge < -0.3 is 40.3 Å². The largest absolute Gasteiger partial charge is 0.490 e. The number of unbranched alkanes of at least 4 members (excludes halogenated alkanes) is 8. The quantitative estimate of drug-likeness (QED) is 0.0459. The molecule has 0 radical (unpaired) electrons. The molecular formula is C34H51NO11. The molecule has 0 saturated carbocycles. The molecule has 1 amide bonds. The summed E-state index contributed by atoms with van der Waals surface area (Å²) in [5.41, 5.74) is -2.41. The molecule has 258 valence electrons. The van der Waals surface area contributed by atoms with E-state index in [1.54, 1.807) is 30.3 Å². The molecule has 1 aromatic carbocycles. The molecule has 0 heterocycles. The summed E-state index contributed by atoms with van der Waals surface area (Å²) < 4.78 is 9.93. The maximum absolute atomic E-state index is 13.3. The van der Waals surface area contributed by atoms with E-state index in [0.717, 1.165) is 51.0 Å². The number of carbonyl (C=O) groups is 4. The van der Waals surface area contributed by atoms with E-state index in [-0.39, 0.29) is 18.8 Å². The fourth-order valence-electron chi connectivity index (χ4n) is 4.74. The number of ether oxygens (including phenoxy) is 2. The number of aliphatic carboxylic acids is 2. The van der Waals surface area contributed by atoms with E-state index >= 15 is 0 Å². The Labute approximate surface area is 271 Å². The molecule has 12 heteroatoms. The van der Waals surface area contributed by atoms with E-state index in [1.807, 2.05) is 0 Å². The minimum absolute atomic E-state index is 0.155. The molecule has 6 N–H and O–H groups in total. The van der Waals surface area contributed by atoms with Gasteiger partial charge in [-0.25, -0.2) is 9.59 Å². The Balaban J connectivity index is 2.85. The number of amides is 1. The van der Waals surface area contributed by atoms with Crippen molar-refractivity contribution in [1.82, 2.24) is 5.32 Å². The lowest BCUT2D eigenvalue weighted by molar-refractivity contribution is -0.256. The predicted octanol–water partition coefficient (Wildman–Crippen LogP) is 3.91. The zero-order valence-electron chi connectivity index (χ0n) is 26.8. The lowest BCUT2D eigenvalue weighted by Crippen LogP contribution is -2.57. The van der Waals surface area contributed by atoms with Crippen molar-refractivity contribution in [2.45, 2.75) is 109 Å². The third kappa shape index (κ3) is 16.1. The van der Waals surface area contributed by atoms with Crippen LogP contribution < -0.4 is 10.1 Å². The van der Waals surface area contributed by atoms with Crippen LogP contribution in [-0.2, 0) is 30.3 Å². The lowest BCUT2D eigenvalue weighted by Gasteiger charge is -2.30. The van der Waals surface area contributed by atoms with Gasteiger partial charge in [-0.15, -0.1) is 0 Å². The third-order valence-corrected chi connectivity index (χ3v) is 7.43. The summed E-state index contributed by atoms with van der Waals surface area (Å²) >= 11 is 0. The van der Waals surface area contributed by atoms with Gasteiger partial charge in [-0.05, 0) is 43.4 Å².